The highest BCUT2D eigenvalue weighted by Crippen LogP contribution is 2.32. The van der Waals surface area contributed by atoms with Crippen LogP contribution >= 0.6 is 12.4 Å². The molecule has 2 aliphatic heterocycles. The summed E-state index contributed by atoms with van der Waals surface area (Å²) in [6, 6.07) is 5.39. The fourth-order valence-electron chi connectivity index (χ4n) is 3.87. The number of halogens is 1. The molecule has 0 radical (unpaired) electrons. The minimum atomic E-state index is -0.364. The minimum Gasteiger partial charge on any atom is -0.366 e. The van der Waals surface area contributed by atoms with Crippen LogP contribution in [-0.2, 0) is 0 Å². The van der Waals surface area contributed by atoms with Crippen LogP contribution in [0.25, 0.3) is 0 Å². The summed E-state index contributed by atoms with van der Waals surface area (Å²) in [5, 5.41) is 14.8. The molecule has 0 unspecified atom stereocenters. The van der Waals surface area contributed by atoms with Crippen LogP contribution in [0.5, 0.6) is 0 Å². The first kappa shape index (κ1) is 21.4. The predicted octanol–water partition coefficient (Wildman–Crippen LogP) is 3.08. The molecule has 7 nitrogen and oxygen atoms in total. The monoisotopic (exact) mass is 396 g/mol. The lowest BCUT2D eigenvalue weighted by atomic mass is 9.98. The van der Waals surface area contributed by atoms with E-state index in [2.05, 4.69) is 17.1 Å². The molecule has 2 aliphatic rings. The quantitative estimate of drug-likeness (QED) is 0.625. The highest BCUT2D eigenvalue weighted by molar-refractivity contribution is 5.96. The van der Waals surface area contributed by atoms with E-state index in [1.807, 2.05) is 7.05 Å². The standard InChI is InChI=1S/C19H28N4O3.ClH/c1-14-5-9-21(10-6-14)17-4-3-15(13-18(17)23(25)26)19(24)22-11-7-16(20-2)8-12-22;/h3-4,13-14,16,20H,5-12H2,1-2H3;1H. The molecule has 2 saturated heterocycles. The molecule has 0 spiro atoms. The Morgan fingerprint density at radius 2 is 1.78 bits per heavy atom. The van der Waals surface area contributed by atoms with E-state index >= 15 is 0 Å². The third-order valence-electron chi connectivity index (χ3n) is 5.73. The van der Waals surface area contributed by atoms with E-state index < -0.39 is 0 Å². The first-order chi connectivity index (χ1) is 12.5. The molecule has 0 aliphatic carbocycles. The van der Waals surface area contributed by atoms with Crippen LogP contribution in [0, 0.1) is 16.0 Å². The van der Waals surface area contributed by atoms with E-state index in [-0.39, 0.29) is 28.9 Å². The number of amides is 1. The number of carbonyl (C=O) groups is 1. The van der Waals surface area contributed by atoms with Crippen molar-refractivity contribution in [3.05, 3.63) is 33.9 Å². The van der Waals surface area contributed by atoms with E-state index in [0.29, 0.717) is 36.3 Å². The molecule has 0 aromatic heterocycles. The van der Waals surface area contributed by atoms with Crippen molar-refractivity contribution in [3.63, 3.8) is 0 Å². The zero-order valence-electron chi connectivity index (χ0n) is 16.0. The van der Waals surface area contributed by atoms with Crippen molar-refractivity contribution in [2.45, 2.75) is 38.6 Å². The van der Waals surface area contributed by atoms with Gasteiger partial charge in [0.2, 0.25) is 0 Å². The van der Waals surface area contributed by atoms with Crippen molar-refractivity contribution in [3.8, 4) is 0 Å². The molecule has 1 N–H and O–H groups in total. The van der Waals surface area contributed by atoms with Gasteiger partial charge >= 0.3 is 0 Å². The highest BCUT2D eigenvalue weighted by atomic mass is 35.5. The van der Waals surface area contributed by atoms with Crippen molar-refractivity contribution in [1.82, 2.24) is 10.2 Å². The maximum atomic E-state index is 12.8. The molecule has 2 heterocycles. The number of nitrogens with zero attached hydrogens (tertiary/aromatic N) is 3. The molecular weight excluding hydrogens is 368 g/mol. The Balaban J connectivity index is 0.00000261. The van der Waals surface area contributed by atoms with Crippen molar-refractivity contribution < 1.29 is 9.72 Å². The molecule has 0 atom stereocenters. The average Bonchev–Trinajstić information content (AvgIpc) is 2.67. The second-order valence-corrected chi connectivity index (χ2v) is 7.49. The Labute approximate surface area is 166 Å². The lowest BCUT2D eigenvalue weighted by molar-refractivity contribution is -0.384. The SMILES string of the molecule is CNC1CCN(C(=O)c2ccc(N3CCC(C)CC3)c([N+](=O)[O-])c2)CC1.Cl. The number of rotatable bonds is 4. The number of hydrogen-bond acceptors (Lipinski definition) is 5. The number of carbonyl (C=O) groups excluding carboxylic acids is 1. The summed E-state index contributed by atoms with van der Waals surface area (Å²) in [7, 11) is 1.94. The summed E-state index contributed by atoms with van der Waals surface area (Å²) in [5.41, 5.74) is 1.08. The largest absolute Gasteiger partial charge is 0.366 e. The van der Waals surface area contributed by atoms with Gasteiger partial charge in [-0.2, -0.15) is 0 Å². The Kier molecular flexibility index (Phi) is 7.44. The van der Waals surface area contributed by atoms with Gasteiger partial charge in [-0.05, 0) is 50.8 Å². The van der Waals surface area contributed by atoms with Gasteiger partial charge in [-0.3, -0.25) is 14.9 Å². The Morgan fingerprint density at radius 1 is 1.15 bits per heavy atom. The Morgan fingerprint density at radius 3 is 2.33 bits per heavy atom. The van der Waals surface area contributed by atoms with Crippen LogP contribution in [0.15, 0.2) is 18.2 Å². The van der Waals surface area contributed by atoms with Gasteiger partial charge < -0.3 is 15.1 Å². The minimum absolute atomic E-state index is 0. The summed E-state index contributed by atoms with van der Waals surface area (Å²) in [6.45, 7) is 5.23. The summed E-state index contributed by atoms with van der Waals surface area (Å²) in [4.78, 5) is 27.9. The van der Waals surface area contributed by atoms with Gasteiger partial charge in [0.15, 0.2) is 0 Å². The van der Waals surface area contributed by atoms with Crippen LogP contribution in [0.3, 0.4) is 0 Å². The maximum absolute atomic E-state index is 12.8. The van der Waals surface area contributed by atoms with Crippen LogP contribution in [0.4, 0.5) is 11.4 Å². The smallest absolute Gasteiger partial charge is 0.293 e. The van der Waals surface area contributed by atoms with Crippen molar-refractivity contribution in [2.24, 2.45) is 5.92 Å². The predicted molar refractivity (Wildman–Crippen MR) is 109 cm³/mol. The molecule has 8 heteroatoms. The number of nitro benzene ring substituents is 1. The van der Waals surface area contributed by atoms with Gasteiger partial charge in [-0.25, -0.2) is 0 Å². The van der Waals surface area contributed by atoms with Gasteiger partial charge in [0, 0.05) is 43.9 Å². The van der Waals surface area contributed by atoms with Gasteiger partial charge in [-0.15, -0.1) is 12.4 Å². The molecule has 2 fully saturated rings. The van der Waals surface area contributed by atoms with Gasteiger partial charge in [0.25, 0.3) is 11.6 Å². The molecular formula is C19H29ClN4O3. The van der Waals surface area contributed by atoms with Crippen molar-refractivity contribution >= 4 is 29.7 Å². The van der Waals surface area contributed by atoms with E-state index in [1.165, 1.54) is 6.07 Å². The Bertz CT molecular complexity index is 669. The number of nitrogens with one attached hydrogen (secondary N) is 1. The lowest BCUT2D eigenvalue weighted by Crippen LogP contribution is -2.44. The molecule has 1 aromatic rings. The van der Waals surface area contributed by atoms with Gasteiger partial charge in [0.05, 0.1) is 4.92 Å². The number of likely N-dealkylation sites (tertiary alicyclic amines) is 1. The fourth-order valence-corrected chi connectivity index (χ4v) is 3.87. The van der Waals surface area contributed by atoms with E-state index in [1.54, 1.807) is 17.0 Å². The zero-order chi connectivity index (χ0) is 18.7. The van der Waals surface area contributed by atoms with Gasteiger partial charge in [0.1, 0.15) is 5.69 Å². The highest BCUT2D eigenvalue weighted by Gasteiger charge is 2.27. The molecule has 150 valence electrons. The molecule has 1 amide bonds. The lowest BCUT2D eigenvalue weighted by Gasteiger charge is -2.33. The van der Waals surface area contributed by atoms with Crippen LogP contribution in [0.1, 0.15) is 43.0 Å². The van der Waals surface area contributed by atoms with Crippen LogP contribution < -0.4 is 10.2 Å². The number of benzene rings is 1. The normalized spacial score (nSPS) is 18.9. The summed E-state index contributed by atoms with van der Waals surface area (Å²) in [5.74, 6) is 0.549. The number of hydrogen-bond donors (Lipinski definition) is 1. The van der Waals surface area contributed by atoms with E-state index in [4.69, 9.17) is 0 Å². The molecule has 0 bridgehead atoms. The maximum Gasteiger partial charge on any atom is 0.293 e. The summed E-state index contributed by atoms with van der Waals surface area (Å²) in [6.07, 6.45) is 3.90. The molecule has 1 aromatic carbocycles. The van der Waals surface area contributed by atoms with E-state index in [9.17, 15) is 14.9 Å². The summed E-state index contributed by atoms with van der Waals surface area (Å²) < 4.78 is 0. The van der Waals surface area contributed by atoms with Gasteiger partial charge in [-0.1, -0.05) is 6.92 Å². The first-order valence-electron chi connectivity index (χ1n) is 9.49. The second kappa shape index (κ2) is 9.37. The number of piperidine rings is 2. The van der Waals surface area contributed by atoms with Crippen LogP contribution in [-0.4, -0.2) is 55.0 Å². The van der Waals surface area contributed by atoms with Crippen molar-refractivity contribution in [1.29, 1.82) is 0 Å². The third-order valence-corrected chi connectivity index (χ3v) is 5.73. The Hall–Kier alpha value is -1.86. The summed E-state index contributed by atoms with van der Waals surface area (Å²) >= 11 is 0. The molecule has 3 rings (SSSR count). The zero-order valence-corrected chi connectivity index (χ0v) is 16.8. The second-order valence-electron chi connectivity index (χ2n) is 7.49. The number of nitro groups is 1. The number of anilines is 1. The third kappa shape index (κ3) is 4.90. The van der Waals surface area contributed by atoms with E-state index in [0.717, 1.165) is 38.8 Å². The molecule has 0 saturated carbocycles. The fraction of sp³-hybridized carbons (Fsp3) is 0.632. The topological polar surface area (TPSA) is 78.7 Å². The average molecular weight is 397 g/mol. The van der Waals surface area contributed by atoms with Crippen LogP contribution in [0.2, 0.25) is 0 Å². The molecule has 27 heavy (non-hydrogen) atoms. The van der Waals surface area contributed by atoms with Crippen molar-refractivity contribution in [2.75, 3.05) is 38.1 Å². The first-order valence-corrected chi connectivity index (χ1v) is 9.49.